The highest BCUT2D eigenvalue weighted by Crippen LogP contribution is 2.33. The second kappa shape index (κ2) is 5.23. The topological polar surface area (TPSA) is 66.3 Å². The number of aromatic nitrogens is 2. The van der Waals surface area contributed by atoms with Gasteiger partial charge < -0.3 is 5.11 Å². The Labute approximate surface area is 100 Å². The van der Waals surface area contributed by atoms with E-state index in [1.807, 2.05) is 0 Å². The van der Waals surface area contributed by atoms with E-state index in [4.69, 9.17) is 5.11 Å². The molecule has 1 unspecified atom stereocenters. The predicted octanol–water partition coefficient (Wildman–Crippen LogP) is 1.48. The summed E-state index contributed by atoms with van der Waals surface area (Å²) < 4.78 is 0. The molecule has 0 aliphatic heterocycles. The van der Waals surface area contributed by atoms with E-state index >= 15 is 0 Å². The summed E-state index contributed by atoms with van der Waals surface area (Å²) in [6, 6.07) is 0.655. The number of aliphatic carboxylic acids is 1. The normalized spacial score (nSPS) is 17.1. The first kappa shape index (κ1) is 12.0. The summed E-state index contributed by atoms with van der Waals surface area (Å²) in [5.41, 5.74) is 0.907. The Morgan fingerprint density at radius 1 is 1.59 bits per heavy atom. The lowest BCUT2D eigenvalue weighted by molar-refractivity contribution is -0.137. The molecule has 0 saturated heterocycles. The van der Waals surface area contributed by atoms with Gasteiger partial charge in [0.2, 0.25) is 0 Å². The Bertz CT molecular complexity index is 379. The molecule has 0 bridgehead atoms. The number of carbonyl (C=O) groups is 1. The van der Waals surface area contributed by atoms with Crippen molar-refractivity contribution in [1.29, 1.82) is 0 Å². The van der Waals surface area contributed by atoms with Crippen LogP contribution in [-0.2, 0) is 4.79 Å². The molecule has 1 aliphatic carbocycles. The zero-order chi connectivity index (χ0) is 12.3. The third-order valence-electron chi connectivity index (χ3n) is 3.11. The molecule has 1 heterocycles. The molecule has 0 aromatic carbocycles. The van der Waals surface area contributed by atoms with Crippen molar-refractivity contribution in [3.05, 3.63) is 24.3 Å². The van der Waals surface area contributed by atoms with Crippen LogP contribution in [0.4, 0.5) is 0 Å². The van der Waals surface area contributed by atoms with Crippen molar-refractivity contribution in [2.75, 3.05) is 6.54 Å². The fourth-order valence-electron chi connectivity index (χ4n) is 2.02. The molecule has 1 aliphatic rings. The van der Waals surface area contributed by atoms with Gasteiger partial charge in [-0.2, -0.15) is 0 Å². The Kier molecular flexibility index (Phi) is 3.68. The van der Waals surface area contributed by atoms with E-state index < -0.39 is 5.97 Å². The third kappa shape index (κ3) is 3.23. The lowest BCUT2D eigenvalue weighted by Crippen LogP contribution is -2.32. The molecule has 17 heavy (non-hydrogen) atoms. The number of hydrogen-bond acceptors (Lipinski definition) is 4. The Hall–Kier alpha value is -1.49. The van der Waals surface area contributed by atoms with E-state index in [0.29, 0.717) is 12.6 Å². The summed E-state index contributed by atoms with van der Waals surface area (Å²) >= 11 is 0. The number of hydrogen-bond donors (Lipinski definition) is 1. The fraction of sp³-hybridized carbons (Fsp3) is 0.583. The van der Waals surface area contributed by atoms with E-state index in [1.54, 1.807) is 18.6 Å². The van der Waals surface area contributed by atoms with Gasteiger partial charge in [-0.25, -0.2) is 0 Å². The first-order valence-electron chi connectivity index (χ1n) is 5.92. The second-order valence-electron chi connectivity index (χ2n) is 4.42. The third-order valence-corrected chi connectivity index (χ3v) is 3.11. The maximum atomic E-state index is 10.7. The van der Waals surface area contributed by atoms with Crippen molar-refractivity contribution < 1.29 is 9.90 Å². The van der Waals surface area contributed by atoms with E-state index in [2.05, 4.69) is 21.8 Å². The maximum Gasteiger partial charge on any atom is 0.304 e. The largest absolute Gasteiger partial charge is 0.481 e. The number of carboxylic acid groups (broad SMARTS) is 1. The van der Waals surface area contributed by atoms with Crippen LogP contribution in [-0.4, -0.2) is 38.5 Å². The standard InChI is InChI=1S/C12H17N3O2/c1-9(11-8-13-5-6-14-11)15(10-2-3-10)7-4-12(16)17/h5-6,8-10H,2-4,7H2,1H3,(H,16,17). The molecule has 0 spiro atoms. The molecule has 0 radical (unpaired) electrons. The monoisotopic (exact) mass is 235 g/mol. The van der Waals surface area contributed by atoms with Crippen molar-refractivity contribution in [3.8, 4) is 0 Å². The van der Waals surface area contributed by atoms with E-state index in [9.17, 15) is 4.79 Å². The van der Waals surface area contributed by atoms with Gasteiger partial charge in [-0.1, -0.05) is 0 Å². The zero-order valence-corrected chi connectivity index (χ0v) is 9.91. The van der Waals surface area contributed by atoms with Crippen LogP contribution >= 0.6 is 0 Å². The van der Waals surface area contributed by atoms with Gasteiger partial charge in [0.25, 0.3) is 0 Å². The highest BCUT2D eigenvalue weighted by atomic mass is 16.4. The van der Waals surface area contributed by atoms with Crippen LogP contribution in [0.15, 0.2) is 18.6 Å². The van der Waals surface area contributed by atoms with Crippen molar-refractivity contribution in [1.82, 2.24) is 14.9 Å². The first-order chi connectivity index (χ1) is 8.18. The predicted molar refractivity (Wildman–Crippen MR) is 62.4 cm³/mol. The first-order valence-corrected chi connectivity index (χ1v) is 5.92. The lowest BCUT2D eigenvalue weighted by atomic mass is 10.2. The average molecular weight is 235 g/mol. The molecule has 2 rings (SSSR count). The SMILES string of the molecule is CC(c1cnccn1)N(CCC(=O)O)C1CC1. The smallest absolute Gasteiger partial charge is 0.304 e. The molecule has 1 fully saturated rings. The van der Waals surface area contributed by atoms with Crippen LogP contribution in [0, 0.1) is 0 Å². The number of rotatable bonds is 6. The van der Waals surface area contributed by atoms with E-state index in [-0.39, 0.29) is 12.5 Å². The molecule has 1 atom stereocenters. The van der Waals surface area contributed by atoms with Gasteiger partial charge in [-0.05, 0) is 19.8 Å². The van der Waals surface area contributed by atoms with Crippen molar-refractivity contribution >= 4 is 5.97 Å². The summed E-state index contributed by atoms with van der Waals surface area (Å²) in [5.74, 6) is -0.748. The van der Waals surface area contributed by atoms with Crippen LogP contribution in [0.3, 0.4) is 0 Å². The van der Waals surface area contributed by atoms with Crippen LogP contribution in [0.2, 0.25) is 0 Å². The van der Waals surface area contributed by atoms with Crippen LogP contribution in [0.1, 0.15) is 37.9 Å². The molecular formula is C12H17N3O2. The molecule has 1 aromatic rings. The molecule has 1 N–H and O–H groups in total. The molecule has 92 valence electrons. The van der Waals surface area contributed by atoms with Crippen molar-refractivity contribution in [2.45, 2.75) is 38.3 Å². The summed E-state index contributed by atoms with van der Waals surface area (Å²) in [7, 11) is 0. The van der Waals surface area contributed by atoms with Gasteiger partial charge in [-0.15, -0.1) is 0 Å². The van der Waals surface area contributed by atoms with Gasteiger partial charge >= 0.3 is 5.97 Å². The van der Waals surface area contributed by atoms with Crippen molar-refractivity contribution in [2.24, 2.45) is 0 Å². The summed E-state index contributed by atoms with van der Waals surface area (Å²) in [6.07, 6.45) is 7.57. The van der Waals surface area contributed by atoms with Crippen LogP contribution in [0.25, 0.3) is 0 Å². The fourth-order valence-corrected chi connectivity index (χ4v) is 2.02. The Morgan fingerprint density at radius 2 is 2.35 bits per heavy atom. The molecule has 5 heteroatoms. The molecule has 1 aromatic heterocycles. The lowest BCUT2D eigenvalue weighted by Gasteiger charge is -2.27. The van der Waals surface area contributed by atoms with E-state index in [0.717, 1.165) is 18.5 Å². The minimum atomic E-state index is -0.748. The Balaban J connectivity index is 2.02. The van der Waals surface area contributed by atoms with Crippen molar-refractivity contribution in [3.63, 3.8) is 0 Å². The van der Waals surface area contributed by atoms with E-state index in [1.165, 1.54) is 0 Å². The maximum absolute atomic E-state index is 10.7. The minimum absolute atomic E-state index is 0.135. The molecule has 1 saturated carbocycles. The number of carboxylic acids is 1. The van der Waals surface area contributed by atoms with Gasteiger partial charge in [-0.3, -0.25) is 19.7 Å². The van der Waals surface area contributed by atoms with Gasteiger partial charge in [0.05, 0.1) is 18.2 Å². The van der Waals surface area contributed by atoms with Gasteiger partial charge in [0, 0.05) is 31.2 Å². The summed E-state index contributed by atoms with van der Waals surface area (Å²) in [4.78, 5) is 21.2. The molecule has 5 nitrogen and oxygen atoms in total. The van der Waals surface area contributed by atoms with Gasteiger partial charge in [0.15, 0.2) is 0 Å². The summed E-state index contributed by atoms with van der Waals surface area (Å²) in [5, 5.41) is 8.76. The second-order valence-corrected chi connectivity index (χ2v) is 4.42. The summed E-state index contributed by atoms with van der Waals surface area (Å²) in [6.45, 7) is 2.64. The minimum Gasteiger partial charge on any atom is -0.481 e. The quantitative estimate of drug-likeness (QED) is 0.809. The van der Waals surface area contributed by atoms with Crippen LogP contribution in [0.5, 0.6) is 0 Å². The Morgan fingerprint density at radius 3 is 2.88 bits per heavy atom. The highest BCUT2D eigenvalue weighted by molar-refractivity contribution is 5.66. The average Bonchev–Trinajstić information content (AvgIpc) is 3.14. The number of nitrogens with zero attached hydrogens (tertiary/aromatic N) is 3. The van der Waals surface area contributed by atoms with Gasteiger partial charge in [0.1, 0.15) is 0 Å². The van der Waals surface area contributed by atoms with Crippen LogP contribution < -0.4 is 0 Å². The highest BCUT2D eigenvalue weighted by Gasteiger charge is 2.33. The molecule has 0 amide bonds. The molecular weight excluding hydrogens is 218 g/mol. The zero-order valence-electron chi connectivity index (χ0n) is 9.91.